The van der Waals surface area contributed by atoms with Crippen molar-refractivity contribution in [3.05, 3.63) is 47.2 Å². The van der Waals surface area contributed by atoms with Crippen molar-refractivity contribution >= 4 is 28.8 Å². The monoisotopic (exact) mass is 500 g/mol. The highest BCUT2D eigenvalue weighted by atomic mass is 16.5. The van der Waals surface area contributed by atoms with E-state index in [9.17, 15) is 14.4 Å². The molecule has 4 aliphatic heterocycles. The Morgan fingerprint density at radius 3 is 2.68 bits per heavy atom. The number of carbonyl (C=O) groups is 3. The van der Waals surface area contributed by atoms with Gasteiger partial charge in [0.2, 0.25) is 11.8 Å². The van der Waals surface area contributed by atoms with Crippen LogP contribution in [0.3, 0.4) is 0 Å². The second kappa shape index (κ2) is 8.74. The van der Waals surface area contributed by atoms with Crippen LogP contribution in [0.2, 0.25) is 0 Å². The minimum absolute atomic E-state index is 0.169. The van der Waals surface area contributed by atoms with Crippen LogP contribution < -0.4 is 5.32 Å². The van der Waals surface area contributed by atoms with Gasteiger partial charge in [-0.1, -0.05) is 6.07 Å². The van der Waals surface area contributed by atoms with Crippen LogP contribution in [0.5, 0.6) is 0 Å². The molecule has 3 aromatic rings. The van der Waals surface area contributed by atoms with Gasteiger partial charge in [0, 0.05) is 36.0 Å². The van der Waals surface area contributed by atoms with Gasteiger partial charge in [-0.25, -0.2) is 9.67 Å². The fourth-order valence-electron chi connectivity index (χ4n) is 5.91. The second-order valence-electron chi connectivity index (χ2n) is 10.4. The number of benzene rings is 1. The van der Waals surface area contributed by atoms with E-state index in [1.807, 2.05) is 29.1 Å². The van der Waals surface area contributed by atoms with Crippen LogP contribution >= 0.6 is 0 Å². The minimum atomic E-state index is -0.623. The standard InChI is InChI=1S/C27H28N6O4/c34-24-6-5-23(26(35)30-24)32-13-17-9-16(3-4-20(17)27(32)36)22-10-18(12-31-7-1-2-8-31)21-11-28-33(25(21)29-22)19-14-37-15-19/h3-4,9-11,19,23H,1-2,5-8,12-15H2,(H,30,34,35). The van der Waals surface area contributed by atoms with E-state index >= 15 is 0 Å². The first-order chi connectivity index (χ1) is 18.0. The summed E-state index contributed by atoms with van der Waals surface area (Å²) in [4.78, 5) is 46.2. The number of nitrogens with one attached hydrogen (secondary N) is 1. The predicted molar refractivity (Wildman–Crippen MR) is 133 cm³/mol. The van der Waals surface area contributed by atoms with Crippen molar-refractivity contribution in [2.24, 2.45) is 0 Å². The summed E-state index contributed by atoms with van der Waals surface area (Å²) in [5.41, 5.74) is 5.31. The van der Waals surface area contributed by atoms with Crippen molar-refractivity contribution in [2.45, 2.75) is 50.9 Å². The first-order valence-electron chi connectivity index (χ1n) is 13.0. The number of aromatic nitrogens is 3. The lowest BCUT2D eigenvalue weighted by Crippen LogP contribution is -2.52. The maximum absolute atomic E-state index is 13.1. The number of ether oxygens (including phenoxy) is 1. The van der Waals surface area contributed by atoms with Crippen molar-refractivity contribution < 1.29 is 19.1 Å². The molecule has 0 aliphatic carbocycles. The van der Waals surface area contributed by atoms with E-state index in [-0.39, 0.29) is 24.3 Å². The highest BCUT2D eigenvalue weighted by Crippen LogP contribution is 2.33. The van der Waals surface area contributed by atoms with Crippen LogP contribution in [0.1, 0.15) is 53.2 Å². The third-order valence-electron chi connectivity index (χ3n) is 8.03. The number of hydrogen-bond acceptors (Lipinski definition) is 7. The molecule has 2 aromatic heterocycles. The molecule has 10 heteroatoms. The molecule has 0 bridgehead atoms. The summed E-state index contributed by atoms with van der Waals surface area (Å²) in [6, 6.07) is 7.51. The van der Waals surface area contributed by atoms with Crippen molar-refractivity contribution in [1.82, 2.24) is 29.9 Å². The number of nitrogens with zero attached hydrogens (tertiary/aromatic N) is 5. The Morgan fingerprint density at radius 2 is 1.92 bits per heavy atom. The molecule has 0 radical (unpaired) electrons. The highest BCUT2D eigenvalue weighted by molar-refractivity contribution is 6.05. The largest absolute Gasteiger partial charge is 0.377 e. The van der Waals surface area contributed by atoms with Crippen molar-refractivity contribution in [3.8, 4) is 11.3 Å². The summed E-state index contributed by atoms with van der Waals surface area (Å²) < 4.78 is 7.40. The van der Waals surface area contributed by atoms with Gasteiger partial charge in [0.15, 0.2) is 5.65 Å². The Morgan fingerprint density at radius 1 is 1.08 bits per heavy atom. The topological polar surface area (TPSA) is 110 Å². The second-order valence-corrected chi connectivity index (χ2v) is 10.4. The van der Waals surface area contributed by atoms with Crippen LogP contribution in [0.15, 0.2) is 30.5 Å². The van der Waals surface area contributed by atoms with E-state index in [2.05, 4.69) is 21.4 Å². The number of fused-ring (bicyclic) bond motifs is 2. The molecule has 0 spiro atoms. The Balaban J connectivity index is 1.25. The molecule has 1 atom stereocenters. The van der Waals surface area contributed by atoms with Gasteiger partial charge in [0.1, 0.15) is 12.1 Å². The van der Waals surface area contributed by atoms with E-state index in [0.29, 0.717) is 31.7 Å². The number of hydrogen-bond donors (Lipinski definition) is 1. The van der Waals surface area contributed by atoms with Crippen LogP contribution in [0.25, 0.3) is 22.3 Å². The van der Waals surface area contributed by atoms with E-state index < -0.39 is 11.9 Å². The lowest BCUT2D eigenvalue weighted by molar-refractivity contribution is -0.136. The van der Waals surface area contributed by atoms with Gasteiger partial charge >= 0.3 is 0 Å². The fourth-order valence-corrected chi connectivity index (χ4v) is 5.91. The molecule has 3 amide bonds. The first-order valence-corrected chi connectivity index (χ1v) is 13.0. The molecule has 10 nitrogen and oxygen atoms in total. The summed E-state index contributed by atoms with van der Waals surface area (Å²) in [5.74, 6) is -0.853. The summed E-state index contributed by atoms with van der Waals surface area (Å²) in [5, 5.41) is 8.11. The zero-order valence-electron chi connectivity index (χ0n) is 20.5. The average molecular weight is 501 g/mol. The van der Waals surface area contributed by atoms with E-state index in [0.717, 1.165) is 47.5 Å². The SMILES string of the molecule is O=C1CCC(N2Cc3cc(-c4cc(CN5CCCC5)c5cnn(C6COC6)c5n4)ccc3C2=O)C(=O)N1. The summed E-state index contributed by atoms with van der Waals surface area (Å²) in [6.45, 7) is 4.67. The van der Waals surface area contributed by atoms with Gasteiger partial charge in [0.25, 0.3) is 5.91 Å². The van der Waals surface area contributed by atoms with Gasteiger partial charge in [-0.05, 0) is 61.7 Å². The Labute approximate surface area is 213 Å². The van der Waals surface area contributed by atoms with Gasteiger partial charge in [-0.15, -0.1) is 0 Å². The zero-order valence-corrected chi connectivity index (χ0v) is 20.5. The molecule has 1 N–H and O–H groups in total. The first kappa shape index (κ1) is 22.6. The molecule has 4 aliphatic rings. The number of rotatable bonds is 5. The van der Waals surface area contributed by atoms with Gasteiger partial charge in [-0.2, -0.15) is 5.10 Å². The quantitative estimate of drug-likeness (QED) is 0.534. The van der Waals surface area contributed by atoms with E-state index in [1.54, 1.807) is 4.90 Å². The molecule has 3 fully saturated rings. The van der Waals surface area contributed by atoms with Crippen LogP contribution in [-0.4, -0.2) is 74.6 Å². The Kier molecular flexibility index (Phi) is 5.33. The minimum Gasteiger partial charge on any atom is -0.377 e. The highest BCUT2D eigenvalue weighted by Gasteiger charge is 2.39. The van der Waals surface area contributed by atoms with Crippen molar-refractivity contribution in [3.63, 3.8) is 0 Å². The molecule has 1 unspecified atom stereocenters. The third kappa shape index (κ3) is 3.82. The molecular formula is C27H28N6O4. The lowest BCUT2D eigenvalue weighted by Gasteiger charge is -2.29. The molecule has 37 heavy (non-hydrogen) atoms. The molecule has 3 saturated heterocycles. The predicted octanol–water partition coefficient (Wildman–Crippen LogP) is 2.03. The van der Waals surface area contributed by atoms with E-state index in [4.69, 9.17) is 9.72 Å². The lowest BCUT2D eigenvalue weighted by atomic mass is 10.0. The average Bonchev–Trinajstić information content (AvgIpc) is 3.58. The number of imide groups is 1. The number of amides is 3. The number of pyridine rings is 1. The fraction of sp³-hybridized carbons (Fsp3) is 0.444. The molecule has 7 rings (SSSR count). The number of piperidine rings is 1. The maximum atomic E-state index is 13.1. The molecule has 190 valence electrons. The number of carbonyl (C=O) groups excluding carboxylic acids is 3. The Hall–Kier alpha value is -3.63. The van der Waals surface area contributed by atoms with Gasteiger partial charge < -0.3 is 9.64 Å². The molecule has 0 saturated carbocycles. The summed E-state index contributed by atoms with van der Waals surface area (Å²) in [7, 11) is 0. The van der Waals surface area contributed by atoms with Crippen LogP contribution in [-0.2, 0) is 27.4 Å². The van der Waals surface area contributed by atoms with Gasteiger partial charge in [0.05, 0.1) is 25.1 Å². The third-order valence-corrected chi connectivity index (χ3v) is 8.03. The smallest absolute Gasteiger partial charge is 0.255 e. The molecule has 1 aromatic carbocycles. The summed E-state index contributed by atoms with van der Waals surface area (Å²) >= 11 is 0. The molecular weight excluding hydrogens is 472 g/mol. The summed E-state index contributed by atoms with van der Waals surface area (Å²) in [6.07, 6.45) is 4.97. The van der Waals surface area contributed by atoms with Crippen molar-refractivity contribution in [2.75, 3.05) is 26.3 Å². The Bertz CT molecular complexity index is 1440. The zero-order chi connectivity index (χ0) is 25.1. The van der Waals surface area contributed by atoms with Gasteiger partial charge in [-0.3, -0.25) is 24.6 Å². The van der Waals surface area contributed by atoms with Crippen LogP contribution in [0.4, 0.5) is 0 Å². The normalized spacial score (nSPS) is 22.5. The number of likely N-dealkylation sites (tertiary alicyclic amines) is 1. The molecule has 6 heterocycles. The van der Waals surface area contributed by atoms with Crippen LogP contribution in [0, 0.1) is 0 Å². The maximum Gasteiger partial charge on any atom is 0.255 e. The van der Waals surface area contributed by atoms with Crippen molar-refractivity contribution in [1.29, 1.82) is 0 Å². The van der Waals surface area contributed by atoms with E-state index in [1.165, 1.54) is 18.4 Å².